The maximum Gasteiger partial charge on any atom is 0.397 e. The summed E-state index contributed by atoms with van der Waals surface area (Å²) < 4.78 is 42.6. The van der Waals surface area contributed by atoms with Crippen molar-refractivity contribution in [2.24, 2.45) is 71.0 Å². The molecule has 14 atom stereocenters. The zero-order valence-electron chi connectivity index (χ0n) is 39.9. The molecule has 0 spiro atoms. The van der Waals surface area contributed by atoms with Gasteiger partial charge in [0, 0.05) is 0 Å². The predicted octanol–water partition coefficient (Wildman–Crippen LogP) is 15.3. The third kappa shape index (κ3) is 10.7. The van der Waals surface area contributed by atoms with Gasteiger partial charge in [-0.25, -0.2) is 0 Å². The van der Waals surface area contributed by atoms with E-state index in [1.807, 2.05) is 24.3 Å². The van der Waals surface area contributed by atoms with Crippen molar-refractivity contribution in [3.63, 3.8) is 0 Å². The van der Waals surface area contributed by atoms with Gasteiger partial charge in [-0.1, -0.05) is 106 Å². The van der Waals surface area contributed by atoms with Gasteiger partial charge in [-0.05, 0) is 171 Å². The van der Waals surface area contributed by atoms with Gasteiger partial charge in [0.2, 0.25) is 5.78 Å². The topological polar surface area (TPSA) is 72.5 Å². The molecule has 1 saturated heterocycles. The van der Waals surface area contributed by atoms with Crippen LogP contribution in [0, 0.1) is 71.0 Å². The van der Waals surface area contributed by atoms with E-state index in [4.69, 9.17) is 27.1 Å². The minimum Gasteiger partial charge on any atom is -0.426 e. The van der Waals surface area contributed by atoms with Crippen molar-refractivity contribution < 1.29 is 31.9 Å². The third-order valence-electron chi connectivity index (χ3n) is 16.5. The van der Waals surface area contributed by atoms with Crippen molar-refractivity contribution in [3.05, 3.63) is 58.7 Å². The normalized spacial score (nSPS) is 35.7. The first-order chi connectivity index (χ1) is 29.7. The number of carbonyl (C=O) groups excluding carboxylic acids is 1. The molecule has 0 radical (unpaired) electrons. The van der Waals surface area contributed by atoms with Gasteiger partial charge in [0.25, 0.3) is 0 Å². The van der Waals surface area contributed by atoms with Crippen LogP contribution in [0.1, 0.15) is 180 Å². The van der Waals surface area contributed by atoms with Crippen LogP contribution in [-0.2, 0) is 24.5 Å². The fourth-order valence-electron chi connectivity index (χ4n) is 12.8. The van der Waals surface area contributed by atoms with Crippen LogP contribution >= 0.6 is 17.2 Å². The van der Waals surface area contributed by atoms with E-state index in [0.29, 0.717) is 100 Å². The molecule has 344 valence electrons. The molecule has 8 rings (SSSR count). The minimum atomic E-state index is -1.81. The zero-order chi connectivity index (χ0) is 43.8. The maximum atomic E-state index is 15.3. The fraction of sp³-hybridized carbons (Fsp3) is 0.755. The molecule has 4 bridgehead atoms. The molecule has 2 aromatic rings. The van der Waals surface area contributed by atoms with Crippen molar-refractivity contribution in [1.82, 2.24) is 0 Å². The second kappa shape index (κ2) is 20.5. The summed E-state index contributed by atoms with van der Waals surface area (Å²) in [5.74, 6) is 7.36. The molecule has 5 aliphatic carbocycles. The summed E-state index contributed by atoms with van der Waals surface area (Å²) >= 11 is 0. The zero-order valence-corrected chi connectivity index (χ0v) is 41.6. The van der Waals surface area contributed by atoms with Crippen LogP contribution in [0.15, 0.2) is 36.4 Å². The largest absolute Gasteiger partial charge is 0.426 e. The summed E-state index contributed by atoms with van der Waals surface area (Å²) in [5.41, 5.74) is 3.12. The summed E-state index contributed by atoms with van der Waals surface area (Å²) in [6, 6.07) is 12.1. The van der Waals surface area contributed by atoms with E-state index in [9.17, 15) is 0 Å². The molecule has 9 heteroatoms. The predicted molar refractivity (Wildman–Crippen MR) is 252 cm³/mol. The first-order valence-corrected chi connectivity index (χ1v) is 27.3. The maximum absolute atomic E-state index is 15.3. The van der Waals surface area contributed by atoms with Crippen molar-refractivity contribution >= 4 is 23.0 Å². The Morgan fingerprint density at radius 3 is 1.50 bits per heavy atom. The number of benzene rings is 2. The van der Waals surface area contributed by atoms with Gasteiger partial charge in [0.05, 0.1) is 35.5 Å². The van der Waals surface area contributed by atoms with E-state index in [1.54, 1.807) is 0 Å². The Morgan fingerprint density at radius 2 is 1.02 bits per heavy atom. The highest BCUT2D eigenvalue weighted by Gasteiger charge is 2.45. The molecule has 2 aromatic carbocycles. The molecule has 0 amide bonds. The van der Waals surface area contributed by atoms with Crippen LogP contribution in [0.25, 0.3) is 0 Å². The molecule has 7 nitrogen and oxygen atoms in total. The number of ketones is 1. The van der Waals surface area contributed by atoms with Gasteiger partial charge in [0.1, 0.15) is 11.5 Å². The number of fused-ring (bicyclic) bond motifs is 6. The standard InChI is InChI=1S/C53H80O7P2/c1-31(2)41-21-17-35(9)25-47(41)57-61(58-48-26-36(10)18-22-42(48)32(3)4)55-45-15-11-13-39-30-40-14-12-16-46(52(40)53(54)51(39)45)56-62-59-49-28-37(19-23-43(49)33(5)6)27-38-20-24-44(34(7)8)50(29-38)60-62/h11-16,31-38,41-44,47-50H,17-30H2,1-10H3/t35-,36-,37+,38+,41+,42?,43+,44?,47-,48-,49-,50-,61?,62?/m1/s1. The van der Waals surface area contributed by atoms with Crippen LogP contribution in [0.2, 0.25) is 0 Å². The molecule has 6 aliphatic rings. The van der Waals surface area contributed by atoms with E-state index >= 15 is 4.79 Å². The third-order valence-corrected chi connectivity index (χ3v) is 19.0. The van der Waals surface area contributed by atoms with E-state index < -0.39 is 17.2 Å². The molecule has 5 fully saturated rings. The van der Waals surface area contributed by atoms with Crippen LogP contribution in [0.5, 0.6) is 11.5 Å². The first-order valence-electron chi connectivity index (χ1n) is 25.1. The molecular formula is C53H80O7P2. The van der Waals surface area contributed by atoms with Crippen molar-refractivity contribution in [2.75, 3.05) is 0 Å². The molecular weight excluding hydrogens is 811 g/mol. The van der Waals surface area contributed by atoms with Gasteiger partial charge >= 0.3 is 17.2 Å². The fourth-order valence-corrected chi connectivity index (χ4v) is 15.5. The number of carbonyl (C=O) groups is 1. The Kier molecular flexibility index (Phi) is 15.5. The quantitative estimate of drug-likeness (QED) is 0.168. The van der Waals surface area contributed by atoms with Crippen molar-refractivity contribution in [3.8, 4) is 11.5 Å². The summed E-state index contributed by atoms with van der Waals surface area (Å²) in [4.78, 5) is 15.3. The van der Waals surface area contributed by atoms with E-state index in [1.165, 1.54) is 44.9 Å². The lowest BCUT2D eigenvalue weighted by Crippen LogP contribution is -2.40. The summed E-state index contributed by atoms with van der Waals surface area (Å²) in [6.45, 7) is 23.3. The van der Waals surface area contributed by atoms with Gasteiger partial charge in [-0.2, -0.15) is 0 Å². The average Bonchev–Trinajstić information content (AvgIpc) is 3.20. The highest BCUT2D eigenvalue weighted by molar-refractivity contribution is 7.42. The Morgan fingerprint density at radius 1 is 0.565 bits per heavy atom. The number of hydrogen-bond donors (Lipinski definition) is 0. The van der Waals surface area contributed by atoms with Crippen molar-refractivity contribution in [1.29, 1.82) is 0 Å². The highest BCUT2D eigenvalue weighted by atomic mass is 31.2. The molecule has 1 aliphatic heterocycles. The molecule has 4 unspecified atom stereocenters. The average molecular weight is 891 g/mol. The molecule has 62 heavy (non-hydrogen) atoms. The monoisotopic (exact) mass is 891 g/mol. The summed E-state index contributed by atoms with van der Waals surface area (Å²) in [7, 11) is -3.58. The minimum absolute atomic E-state index is 0.0448. The van der Waals surface area contributed by atoms with Gasteiger partial charge < -0.3 is 9.05 Å². The lowest BCUT2D eigenvalue weighted by Gasteiger charge is -2.45. The van der Waals surface area contributed by atoms with Crippen LogP contribution in [0.4, 0.5) is 0 Å². The Bertz CT molecular complexity index is 1750. The van der Waals surface area contributed by atoms with Crippen molar-refractivity contribution in [2.45, 2.75) is 184 Å². The molecule has 1 heterocycles. The van der Waals surface area contributed by atoms with E-state index in [-0.39, 0.29) is 30.2 Å². The Hall–Kier alpha value is -1.59. The lowest BCUT2D eigenvalue weighted by atomic mass is 9.68. The molecule has 0 N–H and O–H groups in total. The van der Waals surface area contributed by atoms with Gasteiger partial charge in [0.15, 0.2) is 0 Å². The first kappa shape index (κ1) is 46.9. The lowest BCUT2D eigenvalue weighted by molar-refractivity contribution is -0.0272. The summed E-state index contributed by atoms with van der Waals surface area (Å²) in [5, 5.41) is 0. The van der Waals surface area contributed by atoms with E-state index in [0.717, 1.165) is 49.7 Å². The number of hydrogen-bond acceptors (Lipinski definition) is 7. The van der Waals surface area contributed by atoms with Gasteiger partial charge in [-0.15, -0.1) is 0 Å². The van der Waals surface area contributed by atoms with Crippen LogP contribution in [0.3, 0.4) is 0 Å². The van der Waals surface area contributed by atoms with Crippen LogP contribution < -0.4 is 9.05 Å². The van der Waals surface area contributed by atoms with Crippen LogP contribution in [-0.4, -0.2) is 30.2 Å². The second-order valence-electron chi connectivity index (χ2n) is 22.4. The van der Waals surface area contributed by atoms with E-state index in [2.05, 4.69) is 81.4 Å². The molecule has 4 saturated carbocycles. The highest BCUT2D eigenvalue weighted by Crippen LogP contribution is 2.56. The molecule has 0 aromatic heterocycles. The summed E-state index contributed by atoms with van der Waals surface area (Å²) in [6.07, 6.45) is 15.9. The van der Waals surface area contributed by atoms with Gasteiger partial charge in [-0.3, -0.25) is 22.9 Å². The Balaban J connectivity index is 1.10. The second-order valence-corrected chi connectivity index (χ2v) is 24.5. The smallest absolute Gasteiger partial charge is 0.397 e. The number of rotatable bonds is 12. The SMILES string of the molecule is CC(C)C1CC[C@@H](C)C[C@H]1OP(Oc1cccc2c1C(=O)c1c(cccc1OP1O[C@@H]3C[C@@H](CCC3C(C)C)C[C@@H]3CC[C@@H](C(C)C)[C@@H](C3)O1)C2)O[C@@H]1C[C@H](C)CC[C@H]1C(C)C. The Labute approximate surface area is 378 Å².